The number of ketones is 1. The molecule has 2 aromatic rings. The number of hydrogen-bond donors (Lipinski definition) is 1. The van der Waals surface area contributed by atoms with Crippen molar-refractivity contribution in [3.63, 3.8) is 0 Å². The molecule has 21 heavy (non-hydrogen) atoms. The molecule has 3 nitrogen and oxygen atoms in total. The highest BCUT2D eigenvalue weighted by Crippen LogP contribution is 2.11. The molecule has 0 aliphatic heterocycles. The standard InChI is InChI=1S/C17H17NO2S/c1-13-6-5-9-15(10-13)18-17(20)12-21-11-16(19)14-7-3-2-4-8-14/h2-10H,11-12H2,1H3,(H,18,20). The summed E-state index contributed by atoms with van der Waals surface area (Å²) in [4.78, 5) is 23.7. The highest BCUT2D eigenvalue weighted by Gasteiger charge is 2.08. The van der Waals surface area contributed by atoms with E-state index in [-0.39, 0.29) is 17.4 Å². The molecule has 0 unspecified atom stereocenters. The summed E-state index contributed by atoms with van der Waals surface area (Å²) < 4.78 is 0. The molecular weight excluding hydrogens is 282 g/mol. The Morgan fingerprint density at radius 1 is 1.00 bits per heavy atom. The van der Waals surface area contributed by atoms with Gasteiger partial charge in [0.1, 0.15) is 0 Å². The van der Waals surface area contributed by atoms with Crippen LogP contribution in [0.1, 0.15) is 15.9 Å². The van der Waals surface area contributed by atoms with Gasteiger partial charge in [0.2, 0.25) is 5.91 Å². The molecule has 0 fully saturated rings. The zero-order valence-corrected chi connectivity index (χ0v) is 12.7. The van der Waals surface area contributed by atoms with E-state index in [1.165, 1.54) is 11.8 Å². The van der Waals surface area contributed by atoms with Crippen molar-refractivity contribution in [1.29, 1.82) is 0 Å². The number of nitrogens with one attached hydrogen (secondary N) is 1. The summed E-state index contributed by atoms with van der Waals surface area (Å²) >= 11 is 1.33. The number of Topliss-reactive ketones (excluding diaryl/α,β-unsaturated/α-hetero) is 1. The van der Waals surface area contributed by atoms with Gasteiger partial charge in [-0.25, -0.2) is 0 Å². The molecule has 0 bridgehead atoms. The predicted octanol–water partition coefficient (Wildman–Crippen LogP) is 3.55. The third kappa shape index (κ3) is 5.08. The van der Waals surface area contributed by atoms with Crippen molar-refractivity contribution >= 4 is 29.1 Å². The number of thioether (sulfide) groups is 1. The third-order valence-electron chi connectivity index (χ3n) is 2.86. The summed E-state index contributed by atoms with van der Waals surface area (Å²) in [5.74, 6) is 0.535. The number of rotatable bonds is 6. The first-order valence-corrected chi connectivity index (χ1v) is 7.83. The van der Waals surface area contributed by atoms with Gasteiger partial charge in [0.25, 0.3) is 0 Å². The van der Waals surface area contributed by atoms with Gasteiger partial charge in [-0.2, -0.15) is 0 Å². The van der Waals surface area contributed by atoms with Crippen LogP contribution in [0.4, 0.5) is 5.69 Å². The number of amides is 1. The van der Waals surface area contributed by atoms with Gasteiger partial charge in [-0.05, 0) is 24.6 Å². The van der Waals surface area contributed by atoms with Crippen molar-refractivity contribution in [1.82, 2.24) is 0 Å². The van der Waals surface area contributed by atoms with Crippen molar-refractivity contribution in [2.45, 2.75) is 6.92 Å². The maximum Gasteiger partial charge on any atom is 0.234 e. The van der Waals surface area contributed by atoms with Crippen LogP contribution in [0.15, 0.2) is 54.6 Å². The molecular formula is C17H17NO2S. The van der Waals surface area contributed by atoms with Crippen LogP contribution in [0, 0.1) is 6.92 Å². The Hall–Kier alpha value is -2.07. The van der Waals surface area contributed by atoms with Crippen molar-refractivity contribution in [3.8, 4) is 0 Å². The second kappa shape index (κ2) is 7.64. The normalized spacial score (nSPS) is 10.1. The molecule has 2 rings (SSSR count). The minimum atomic E-state index is -0.0912. The first-order chi connectivity index (χ1) is 10.1. The third-order valence-corrected chi connectivity index (χ3v) is 3.80. The Morgan fingerprint density at radius 2 is 1.76 bits per heavy atom. The van der Waals surface area contributed by atoms with Gasteiger partial charge in [-0.15, -0.1) is 11.8 Å². The molecule has 0 heterocycles. The monoisotopic (exact) mass is 299 g/mol. The Bertz CT molecular complexity index is 626. The van der Waals surface area contributed by atoms with Crippen LogP contribution in [-0.2, 0) is 4.79 Å². The van der Waals surface area contributed by atoms with Crippen molar-refractivity contribution in [3.05, 3.63) is 65.7 Å². The van der Waals surface area contributed by atoms with Gasteiger partial charge in [0, 0.05) is 11.3 Å². The number of benzene rings is 2. The maximum atomic E-state index is 11.9. The second-order valence-electron chi connectivity index (χ2n) is 4.70. The van der Waals surface area contributed by atoms with Crippen LogP contribution in [0.25, 0.3) is 0 Å². The fourth-order valence-electron chi connectivity index (χ4n) is 1.86. The fraction of sp³-hybridized carbons (Fsp3) is 0.176. The molecule has 1 amide bonds. The highest BCUT2D eigenvalue weighted by atomic mass is 32.2. The van der Waals surface area contributed by atoms with E-state index in [2.05, 4.69) is 5.32 Å². The van der Waals surface area contributed by atoms with Gasteiger partial charge < -0.3 is 5.32 Å². The summed E-state index contributed by atoms with van der Waals surface area (Å²) in [6.07, 6.45) is 0. The van der Waals surface area contributed by atoms with Crippen LogP contribution >= 0.6 is 11.8 Å². The van der Waals surface area contributed by atoms with Crippen molar-refractivity contribution in [2.75, 3.05) is 16.8 Å². The number of hydrogen-bond acceptors (Lipinski definition) is 3. The zero-order chi connectivity index (χ0) is 15.1. The lowest BCUT2D eigenvalue weighted by atomic mass is 10.2. The minimum Gasteiger partial charge on any atom is -0.325 e. The Kier molecular flexibility index (Phi) is 5.58. The molecule has 0 saturated carbocycles. The predicted molar refractivity (Wildman–Crippen MR) is 87.9 cm³/mol. The number of carbonyl (C=O) groups is 2. The van der Waals surface area contributed by atoms with Crippen LogP contribution in [0.3, 0.4) is 0 Å². The summed E-state index contributed by atoms with van der Waals surface area (Å²) in [6, 6.07) is 16.8. The van der Waals surface area contributed by atoms with E-state index in [1.54, 1.807) is 12.1 Å². The molecule has 0 saturated heterocycles. The van der Waals surface area contributed by atoms with Crippen LogP contribution in [0.2, 0.25) is 0 Å². The Labute approximate surface area is 128 Å². The lowest BCUT2D eigenvalue weighted by molar-refractivity contribution is -0.113. The van der Waals surface area contributed by atoms with Crippen LogP contribution in [-0.4, -0.2) is 23.2 Å². The SMILES string of the molecule is Cc1cccc(NC(=O)CSCC(=O)c2ccccc2)c1. The zero-order valence-electron chi connectivity index (χ0n) is 11.8. The highest BCUT2D eigenvalue weighted by molar-refractivity contribution is 8.00. The van der Waals surface area contributed by atoms with E-state index in [0.717, 1.165) is 11.3 Å². The summed E-state index contributed by atoms with van der Waals surface area (Å²) in [6.45, 7) is 1.98. The Morgan fingerprint density at radius 3 is 2.48 bits per heavy atom. The fourth-order valence-corrected chi connectivity index (χ4v) is 2.58. The molecule has 4 heteroatoms. The molecule has 0 spiro atoms. The van der Waals surface area contributed by atoms with Crippen LogP contribution < -0.4 is 5.32 Å². The molecule has 1 N–H and O–H groups in total. The van der Waals surface area contributed by atoms with Crippen molar-refractivity contribution in [2.24, 2.45) is 0 Å². The van der Waals surface area contributed by atoms with Gasteiger partial charge in [0.05, 0.1) is 11.5 Å². The molecule has 2 aromatic carbocycles. The number of aryl methyl sites for hydroxylation is 1. The average Bonchev–Trinajstić information content (AvgIpc) is 2.48. The number of anilines is 1. The molecule has 0 radical (unpaired) electrons. The van der Waals surface area contributed by atoms with Gasteiger partial charge in [-0.1, -0.05) is 42.5 Å². The van der Waals surface area contributed by atoms with Gasteiger partial charge >= 0.3 is 0 Å². The van der Waals surface area contributed by atoms with E-state index in [1.807, 2.05) is 49.4 Å². The Balaban J connectivity index is 1.76. The van der Waals surface area contributed by atoms with Gasteiger partial charge in [-0.3, -0.25) is 9.59 Å². The maximum absolute atomic E-state index is 11.9. The van der Waals surface area contributed by atoms with E-state index in [4.69, 9.17) is 0 Å². The molecule has 0 aliphatic rings. The largest absolute Gasteiger partial charge is 0.325 e. The summed E-state index contributed by atoms with van der Waals surface area (Å²) in [7, 11) is 0. The van der Waals surface area contributed by atoms with E-state index < -0.39 is 0 Å². The second-order valence-corrected chi connectivity index (χ2v) is 5.69. The average molecular weight is 299 g/mol. The van der Waals surface area contributed by atoms with E-state index in [9.17, 15) is 9.59 Å². The van der Waals surface area contributed by atoms with E-state index >= 15 is 0 Å². The molecule has 0 aromatic heterocycles. The van der Waals surface area contributed by atoms with Crippen molar-refractivity contribution < 1.29 is 9.59 Å². The van der Waals surface area contributed by atoms with Gasteiger partial charge in [0.15, 0.2) is 5.78 Å². The lowest BCUT2D eigenvalue weighted by Gasteiger charge is -2.05. The first kappa shape index (κ1) is 15.3. The first-order valence-electron chi connectivity index (χ1n) is 6.67. The summed E-state index contributed by atoms with van der Waals surface area (Å²) in [5, 5.41) is 2.83. The number of carbonyl (C=O) groups excluding carboxylic acids is 2. The molecule has 108 valence electrons. The van der Waals surface area contributed by atoms with E-state index in [0.29, 0.717) is 11.3 Å². The van der Waals surface area contributed by atoms with Crippen LogP contribution in [0.5, 0.6) is 0 Å². The smallest absolute Gasteiger partial charge is 0.234 e. The molecule has 0 atom stereocenters. The topological polar surface area (TPSA) is 46.2 Å². The minimum absolute atomic E-state index is 0.0453. The lowest BCUT2D eigenvalue weighted by Crippen LogP contribution is -2.15. The summed E-state index contributed by atoms with van der Waals surface area (Å²) in [5.41, 5.74) is 2.57. The quantitative estimate of drug-likeness (QED) is 0.830. The molecule has 0 aliphatic carbocycles.